The van der Waals surface area contributed by atoms with Crippen molar-refractivity contribution in [2.45, 2.75) is 59.5 Å². The number of aromatic nitrogens is 3. The van der Waals surface area contributed by atoms with Gasteiger partial charge in [0, 0.05) is 78.0 Å². The maximum Gasteiger partial charge on any atom is 0.352 e. The fraction of sp³-hybridized carbons (Fsp3) is 0.405. The van der Waals surface area contributed by atoms with Crippen LogP contribution < -0.4 is 14.4 Å². The predicted octanol–water partition coefficient (Wildman–Crippen LogP) is 7.89. The smallest absolute Gasteiger partial charge is 0.352 e. The van der Waals surface area contributed by atoms with E-state index in [1.807, 2.05) is 69.8 Å². The maximum atomic E-state index is 15.3. The number of anilines is 1. The average Bonchev–Trinajstić information content (AvgIpc) is 3.74. The molecule has 2 unspecified atom stereocenters. The summed E-state index contributed by atoms with van der Waals surface area (Å²) in [5.41, 5.74) is 8.72. The highest BCUT2D eigenvalue weighted by atomic mass is 35.5. The highest BCUT2D eigenvalue weighted by molar-refractivity contribution is 6.35. The molecule has 4 aromatic rings. The number of fused-ring (bicyclic) bond motifs is 4. The van der Waals surface area contributed by atoms with E-state index in [0.717, 1.165) is 50.0 Å². The molecule has 1 aliphatic carbocycles. The number of hydrogen-bond acceptors (Lipinski definition) is 7. The quantitative estimate of drug-likeness (QED) is 0.144. The standard InChI is InChI=1S/C42H47Cl2N5O6/c1-22-16-28(17-23(2)37(22)44)54-13-9-10-30-31-11-12-32(43)36(35-25(4)45-47(7)26(35)5)39(31)49-24(3)21-48(41(50)40(30)49)33-20-29(55-15-14-53-8)18-27-19-34(42(51)52)46(6)38(27)33/h11-12,16-20,24,31,39H,9-10,13-15,21H2,1-8H3,(H,51,52)/t24-,31?,39?/m1/s1. The van der Waals surface area contributed by atoms with Crippen LogP contribution >= 0.6 is 23.2 Å². The number of carbonyl (C=O) groups excluding carboxylic acids is 1. The summed E-state index contributed by atoms with van der Waals surface area (Å²) in [5.74, 6) is -0.0735. The molecule has 0 spiro atoms. The Morgan fingerprint density at radius 3 is 2.33 bits per heavy atom. The predicted molar refractivity (Wildman–Crippen MR) is 215 cm³/mol. The molecule has 4 heterocycles. The van der Waals surface area contributed by atoms with Crippen molar-refractivity contribution in [1.29, 1.82) is 0 Å². The van der Waals surface area contributed by atoms with E-state index < -0.39 is 5.97 Å². The third-order valence-corrected chi connectivity index (χ3v) is 12.1. The Bertz CT molecular complexity index is 2300. The van der Waals surface area contributed by atoms with Gasteiger partial charge in [-0.1, -0.05) is 29.3 Å². The van der Waals surface area contributed by atoms with Crippen molar-refractivity contribution in [3.63, 3.8) is 0 Å². The number of benzene rings is 2. The van der Waals surface area contributed by atoms with Crippen LogP contribution in [0.25, 0.3) is 16.5 Å². The summed E-state index contributed by atoms with van der Waals surface area (Å²) in [5, 5.41) is 16.8. The lowest BCUT2D eigenvalue weighted by Crippen LogP contribution is -2.56. The minimum absolute atomic E-state index is 0.110. The molecule has 2 aromatic carbocycles. The van der Waals surface area contributed by atoms with E-state index in [0.29, 0.717) is 72.3 Å². The molecule has 1 N–H and O–H groups in total. The molecule has 2 aromatic heterocycles. The Balaban J connectivity index is 1.32. The van der Waals surface area contributed by atoms with Gasteiger partial charge >= 0.3 is 5.97 Å². The highest BCUT2D eigenvalue weighted by Crippen LogP contribution is 2.52. The summed E-state index contributed by atoms with van der Waals surface area (Å²) in [6.07, 6.45) is 5.37. The van der Waals surface area contributed by atoms with Gasteiger partial charge < -0.3 is 33.7 Å². The van der Waals surface area contributed by atoms with Crippen molar-refractivity contribution >= 4 is 57.2 Å². The summed E-state index contributed by atoms with van der Waals surface area (Å²) in [6, 6.07) is 8.78. The molecule has 0 bridgehead atoms. The van der Waals surface area contributed by atoms with E-state index >= 15 is 4.79 Å². The molecule has 13 heteroatoms. The SMILES string of the molecule is COCCOc1cc(N2C[C@@H](C)N3C(=C(CCCOc4cc(C)c(Cl)c(C)c4)C4C=CC(Cl)=C(c5c(C)nn(C)c5C)C43)C2=O)c2c(c1)cc(C(=O)O)n2C. The molecule has 55 heavy (non-hydrogen) atoms. The van der Waals surface area contributed by atoms with Crippen molar-refractivity contribution in [2.24, 2.45) is 20.0 Å². The zero-order chi connectivity index (χ0) is 39.5. The molecular formula is C42H47Cl2N5O6. The second-order valence-corrected chi connectivity index (χ2v) is 15.5. The van der Waals surface area contributed by atoms with E-state index in [2.05, 4.69) is 17.9 Å². The molecule has 2 aliphatic heterocycles. The van der Waals surface area contributed by atoms with Crippen LogP contribution in [0.2, 0.25) is 5.02 Å². The number of carboxylic acids is 1. The highest BCUT2D eigenvalue weighted by Gasteiger charge is 2.51. The van der Waals surface area contributed by atoms with E-state index in [1.165, 1.54) is 0 Å². The lowest BCUT2D eigenvalue weighted by Gasteiger charge is -2.45. The molecule has 7 rings (SSSR count). The third-order valence-electron chi connectivity index (χ3n) is 11.2. The molecule has 0 radical (unpaired) electrons. The van der Waals surface area contributed by atoms with E-state index in [1.54, 1.807) is 29.7 Å². The van der Waals surface area contributed by atoms with Crippen LogP contribution in [0, 0.1) is 33.6 Å². The van der Waals surface area contributed by atoms with Crippen molar-refractivity contribution in [2.75, 3.05) is 38.4 Å². The summed E-state index contributed by atoms with van der Waals surface area (Å²) >= 11 is 13.6. The number of amides is 1. The maximum absolute atomic E-state index is 15.3. The molecule has 1 amide bonds. The Kier molecular flexibility index (Phi) is 10.6. The monoisotopic (exact) mass is 787 g/mol. The van der Waals surface area contributed by atoms with Gasteiger partial charge in [0.1, 0.15) is 29.5 Å². The first-order chi connectivity index (χ1) is 26.2. The molecule has 290 valence electrons. The summed E-state index contributed by atoms with van der Waals surface area (Å²) in [4.78, 5) is 31.7. The topological polar surface area (TPSA) is 111 Å². The zero-order valence-electron chi connectivity index (χ0n) is 32.5. The van der Waals surface area contributed by atoms with Crippen LogP contribution in [-0.2, 0) is 23.6 Å². The van der Waals surface area contributed by atoms with Crippen LogP contribution in [0.15, 0.2) is 58.8 Å². The number of carboxylic acid groups (broad SMARTS) is 1. The van der Waals surface area contributed by atoms with Gasteiger partial charge in [-0.3, -0.25) is 9.48 Å². The summed E-state index contributed by atoms with van der Waals surface area (Å²) in [6.45, 7) is 11.6. The average molecular weight is 789 g/mol. The van der Waals surface area contributed by atoms with Crippen LogP contribution in [0.3, 0.4) is 0 Å². The normalized spacial score (nSPS) is 19.5. The van der Waals surface area contributed by atoms with Gasteiger partial charge in [0.2, 0.25) is 0 Å². The number of nitrogens with zero attached hydrogens (tertiary/aromatic N) is 5. The number of piperazine rings is 1. The first-order valence-electron chi connectivity index (χ1n) is 18.5. The number of aryl methyl sites for hydroxylation is 5. The molecular weight excluding hydrogens is 741 g/mol. The van der Waals surface area contributed by atoms with Crippen LogP contribution in [-0.4, -0.2) is 81.8 Å². The lowest BCUT2D eigenvalue weighted by atomic mass is 9.80. The summed E-state index contributed by atoms with van der Waals surface area (Å²) in [7, 11) is 5.25. The Morgan fingerprint density at radius 2 is 1.67 bits per heavy atom. The van der Waals surface area contributed by atoms with Gasteiger partial charge in [-0.25, -0.2) is 4.79 Å². The molecule has 3 aliphatic rings. The molecule has 11 nitrogen and oxygen atoms in total. The number of methoxy groups -OCH3 is 1. The third kappa shape index (κ3) is 6.70. The van der Waals surface area contributed by atoms with Crippen molar-refractivity contribution < 1.29 is 28.9 Å². The minimum Gasteiger partial charge on any atom is -0.494 e. The van der Waals surface area contributed by atoms with Gasteiger partial charge in [0.15, 0.2) is 0 Å². The Hall–Kier alpha value is -4.71. The Labute approximate surface area is 331 Å². The number of halogens is 2. The minimum atomic E-state index is -1.06. The largest absolute Gasteiger partial charge is 0.494 e. The van der Waals surface area contributed by atoms with E-state index in [9.17, 15) is 9.90 Å². The van der Waals surface area contributed by atoms with Crippen LogP contribution in [0.4, 0.5) is 5.69 Å². The van der Waals surface area contributed by atoms with Crippen LogP contribution in [0.5, 0.6) is 11.5 Å². The van der Waals surface area contributed by atoms with E-state index in [-0.39, 0.29) is 29.6 Å². The number of rotatable bonds is 12. The van der Waals surface area contributed by atoms with Crippen molar-refractivity contribution in [3.05, 3.63) is 97.6 Å². The van der Waals surface area contributed by atoms with Gasteiger partial charge in [0.25, 0.3) is 5.91 Å². The fourth-order valence-electron chi connectivity index (χ4n) is 8.65. The molecule has 1 saturated heterocycles. The van der Waals surface area contributed by atoms with Crippen molar-refractivity contribution in [3.8, 4) is 11.5 Å². The van der Waals surface area contributed by atoms with Gasteiger partial charge in [-0.05, 0) is 94.5 Å². The number of carbonyl (C=O) groups is 2. The number of ether oxygens (including phenoxy) is 3. The zero-order valence-corrected chi connectivity index (χ0v) is 34.0. The van der Waals surface area contributed by atoms with Crippen LogP contribution in [0.1, 0.15) is 58.3 Å². The van der Waals surface area contributed by atoms with E-state index in [4.69, 9.17) is 42.5 Å². The number of aromatic carboxylic acids is 1. The first kappa shape index (κ1) is 38.6. The van der Waals surface area contributed by atoms with Crippen molar-refractivity contribution in [1.82, 2.24) is 19.2 Å². The second-order valence-electron chi connectivity index (χ2n) is 14.7. The molecule has 0 saturated carbocycles. The molecule has 3 atom stereocenters. The summed E-state index contributed by atoms with van der Waals surface area (Å²) < 4.78 is 21.0. The first-order valence-corrected chi connectivity index (χ1v) is 19.3. The number of hydrogen-bond donors (Lipinski definition) is 1. The second kappa shape index (κ2) is 15.1. The van der Waals surface area contributed by atoms with Gasteiger partial charge in [-0.2, -0.15) is 5.10 Å². The fourth-order valence-corrected chi connectivity index (χ4v) is 9.04. The number of allylic oxidation sites excluding steroid dienone is 2. The Morgan fingerprint density at radius 1 is 0.982 bits per heavy atom. The molecule has 1 fully saturated rings. The van der Waals surface area contributed by atoms with Gasteiger partial charge in [-0.15, -0.1) is 0 Å². The van der Waals surface area contributed by atoms with Gasteiger partial charge in [0.05, 0.1) is 36.2 Å². The lowest BCUT2D eigenvalue weighted by molar-refractivity contribution is -0.118.